The van der Waals surface area contributed by atoms with Crippen LogP contribution in [0.3, 0.4) is 0 Å². The molecule has 0 radical (unpaired) electrons. The van der Waals surface area contributed by atoms with E-state index in [1.54, 1.807) is 0 Å². The summed E-state index contributed by atoms with van der Waals surface area (Å²) < 4.78 is 68.4. The van der Waals surface area contributed by atoms with Crippen molar-refractivity contribution in [1.29, 1.82) is 0 Å². The number of phosphoric acid groups is 2. The maximum Gasteiger partial charge on any atom is 0.472 e. The van der Waals surface area contributed by atoms with Gasteiger partial charge in [-0.05, 0) is 109 Å². The van der Waals surface area contributed by atoms with Gasteiger partial charge < -0.3 is 33.8 Å². The second-order valence-electron chi connectivity index (χ2n) is 25.2. The Bertz CT molecular complexity index is 2030. The Morgan fingerprint density at radius 2 is 0.543 bits per heavy atom. The summed E-state index contributed by atoms with van der Waals surface area (Å²) in [6, 6.07) is 0. The van der Waals surface area contributed by atoms with Crippen molar-refractivity contribution >= 4 is 39.5 Å². The molecule has 0 aromatic heterocycles. The highest BCUT2D eigenvalue weighted by atomic mass is 31.2. The quantitative estimate of drug-likeness (QED) is 0.0169. The van der Waals surface area contributed by atoms with Crippen molar-refractivity contribution < 1.29 is 80.2 Å². The summed E-state index contributed by atoms with van der Waals surface area (Å²) >= 11 is 0. The van der Waals surface area contributed by atoms with Gasteiger partial charge in [0.1, 0.15) is 19.3 Å². The highest BCUT2D eigenvalue weighted by molar-refractivity contribution is 7.47. The molecule has 0 rings (SSSR count). The first kappa shape index (κ1) is 90.8. The van der Waals surface area contributed by atoms with E-state index in [-0.39, 0.29) is 25.7 Å². The van der Waals surface area contributed by atoms with Crippen LogP contribution in [-0.2, 0) is 65.4 Å². The number of esters is 4. The summed E-state index contributed by atoms with van der Waals surface area (Å²) in [4.78, 5) is 72.7. The molecule has 0 aliphatic carbocycles. The molecule has 0 aromatic rings. The number of phosphoric ester groups is 2. The van der Waals surface area contributed by atoms with Crippen LogP contribution in [0, 0.1) is 0 Å². The molecule has 17 nitrogen and oxygen atoms in total. The zero-order valence-electron chi connectivity index (χ0n) is 59.6. The van der Waals surface area contributed by atoms with E-state index in [1.165, 1.54) is 96.3 Å². The third kappa shape index (κ3) is 67.3. The highest BCUT2D eigenvalue weighted by Crippen LogP contribution is 2.45. The molecule has 0 amide bonds. The number of aliphatic hydroxyl groups excluding tert-OH is 1. The van der Waals surface area contributed by atoms with E-state index in [2.05, 4.69) is 88.5 Å². The van der Waals surface area contributed by atoms with Gasteiger partial charge in [0.25, 0.3) is 0 Å². The maximum atomic E-state index is 13.0. The molecule has 0 spiro atoms. The van der Waals surface area contributed by atoms with Crippen LogP contribution in [0.2, 0.25) is 0 Å². The molecule has 0 aromatic carbocycles. The Morgan fingerprint density at radius 3 is 0.872 bits per heavy atom. The van der Waals surface area contributed by atoms with Gasteiger partial charge in [-0.15, -0.1) is 0 Å². The molecular weight excluding hydrogens is 1230 g/mol. The first-order valence-electron chi connectivity index (χ1n) is 37.5. The van der Waals surface area contributed by atoms with Crippen LogP contribution in [0.25, 0.3) is 0 Å². The number of hydrogen-bond donors (Lipinski definition) is 3. The van der Waals surface area contributed by atoms with E-state index in [4.69, 9.17) is 37.0 Å². The molecule has 5 unspecified atom stereocenters. The number of carbonyl (C=O) groups excluding carboxylic acids is 4. The van der Waals surface area contributed by atoms with Crippen LogP contribution >= 0.6 is 15.6 Å². The standard InChI is InChI=1S/C75H136O17P2/c1-5-9-13-17-21-25-29-33-34-38-40-44-48-52-56-60-73(78)86-66-71(92-75(80)62-58-54-50-46-42-37-32-28-24-20-16-12-8-4)68-90-94(83,84)88-64-69(76)63-87-93(81,82)89-67-70(91-74(79)61-57-53-49-45-41-36-31-27-23-19-15-11-7-3)65-85-72(77)59-55-51-47-43-39-35-30-26-22-18-14-10-6-2/h14,18,21,25-26,28,30,32-34,69-71,76H,5-13,15-17,19-20,22-24,27,29,31,35-68H2,1-4H3,(H,81,82)(H,83,84)/b18-14-,25-21-,30-26-,32-28-,34-33-. The molecule has 94 heavy (non-hydrogen) atoms. The van der Waals surface area contributed by atoms with Gasteiger partial charge >= 0.3 is 39.5 Å². The predicted molar refractivity (Wildman–Crippen MR) is 381 cm³/mol. The normalized spacial score (nSPS) is 14.3. The molecule has 548 valence electrons. The van der Waals surface area contributed by atoms with Crippen LogP contribution in [0.15, 0.2) is 60.8 Å². The van der Waals surface area contributed by atoms with Gasteiger partial charge in [0.05, 0.1) is 26.4 Å². The fraction of sp³-hybridized carbons (Fsp3) is 0.813. The average molecular weight is 1370 g/mol. The minimum atomic E-state index is -4.97. The van der Waals surface area contributed by atoms with Gasteiger partial charge in [0.2, 0.25) is 0 Å². The van der Waals surface area contributed by atoms with E-state index >= 15 is 0 Å². The molecule has 0 fully saturated rings. The third-order valence-corrected chi connectivity index (χ3v) is 17.8. The number of hydrogen-bond acceptors (Lipinski definition) is 15. The fourth-order valence-electron chi connectivity index (χ4n) is 10.2. The number of unbranched alkanes of at least 4 members (excludes halogenated alkanes) is 35. The Labute approximate surface area is 571 Å². The largest absolute Gasteiger partial charge is 0.472 e. The van der Waals surface area contributed by atoms with Gasteiger partial charge in [-0.25, -0.2) is 9.13 Å². The predicted octanol–water partition coefficient (Wildman–Crippen LogP) is 21.1. The maximum absolute atomic E-state index is 13.0. The van der Waals surface area contributed by atoms with Crippen molar-refractivity contribution in [1.82, 2.24) is 0 Å². The van der Waals surface area contributed by atoms with Crippen molar-refractivity contribution in [2.45, 2.75) is 354 Å². The van der Waals surface area contributed by atoms with E-state index in [1.807, 2.05) is 0 Å². The number of rotatable bonds is 71. The summed E-state index contributed by atoms with van der Waals surface area (Å²) in [6.45, 7) is 4.77. The van der Waals surface area contributed by atoms with Crippen molar-refractivity contribution in [2.75, 3.05) is 39.6 Å². The van der Waals surface area contributed by atoms with Gasteiger partial charge in [-0.2, -0.15) is 0 Å². The Kier molecular flexibility index (Phi) is 65.9. The summed E-state index contributed by atoms with van der Waals surface area (Å²) in [7, 11) is -9.94. The molecule has 5 atom stereocenters. The lowest BCUT2D eigenvalue weighted by molar-refractivity contribution is -0.161. The Balaban J connectivity index is 5.33. The highest BCUT2D eigenvalue weighted by Gasteiger charge is 2.30. The summed E-state index contributed by atoms with van der Waals surface area (Å²) in [6.07, 6.45) is 65.0. The second-order valence-corrected chi connectivity index (χ2v) is 28.1. The lowest BCUT2D eigenvalue weighted by Crippen LogP contribution is -2.30. The van der Waals surface area contributed by atoms with Crippen molar-refractivity contribution in [3.63, 3.8) is 0 Å². The SMILES string of the molecule is CCC/C=C\C/C=C\CCCCCCCC(=O)OCC(COP(=O)(O)OCC(O)COP(=O)(O)OCC(COC(=O)CCCCCCC/C=C\C/C=C\CCCCC)OC(=O)CCCCCCC/C=C\CCCCCC)OC(=O)CCCCCCCCCCCCCCC. The minimum absolute atomic E-state index is 0.0852. The van der Waals surface area contributed by atoms with Crippen LogP contribution in [0.1, 0.15) is 336 Å². The van der Waals surface area contributed by atoms with Gasteiger partial charge in [0, 0.05) is 25.7 Å². The average Bonchev–Trinajstić information content (AvgIpc) is 2.45. The van der Waals surface area contributed by atoms with Crippen molar-refractivity contribution in [3.8, 4) is 0 Å². The molecule has 3 N–H and O–H groups in total. The lowest BCUT2D eigenvalue weighted by Gasteiger charge is -2.21. The molecule has 0 saturated carbocycles. The molecule has 0 aliphatic heterocycles. The fourth-order valence-corrected chi connectivity index (χ4v) is 11.7. The number of carbonyl (C=O) groups is 4. The second kappa shape index (κ2) is 68.3. The topological polar surface area (TPSA) is 237 Å². The summed E-state index contributed by atoms with van der Waals surface area (Å²) in [5.41, 5.74) is 0. The molecule has 19 heteroatoms. The van der Waals surface area contributed by atoms with Crippen LogP contribution in [0.5, 0.6) is 0 Å². The first-order valence-corrected chi connectivity index (χ1v) is 40.5. The smallest absolute Gasteiger partial charge is 0.462 e. The summed E-state index contributed by atoms with van der Waals surface area (Å²) in [5, 5.41) is 10.6. The van der Waals surface area contributed by atoms with Crippen LogP contribution in [-0.4, -0.2) is 96.7 Å². The Morgan fingerprint density at radius 1 is 0.298 bits per heavy atom. The van der Waals surface area contributed by atoms with E-state index in [9.17, 15) is 43.2 Å². The van der Waals surface area contributed by atoms with E-state index in [0.29, 0.717) is 25.7 Å². The van der Waals surface area contributed by atoms with E-state index in [0.717, 1.165) is 161 Å². The molecule has 0 aliphatic rings. The number of allylic oxidation sites excluding steroid dienone is 10. The monoisotopic (exact) mass is 1370 g/mol. The molecule has 0 bridgehead atoms. The minimum Gasteiger partial charge on any atom is -0.462 e. The first-order chi connectivity index (χ1) is 45.7. The van der Waals surface area contributed by atoms with Crippen LogP contribution in [0.4, 0.5) is 0 Å². The lowest BCUT2D eigenvalue weighted by atomic mass is 10.0. The van der Waals surface area contributed by atoms with Crippen molar-refractivity contribution in [3.05, 3.63) is 60.8 Å². The Hall–Kier alpha value is -3.24. The molecule has 0 heterocycles. The van der Waals surface area contributed by atoms with Gasteiger partial charge in [0.15, 0.2) is 12.2 Å². The van der Waals surface area contributed by atoms with E-state index < -0.39 is 97.5 Å². The van der Waals surface area contributed by atoms with Crippen LogP contribution < -0.4 is 0 Å². The van der Waals surface area contributed by atoms with Gasteiger partial charge in [-0.1, -0.05) is 262 Å². The van der Waals surface area contributed by atoms with Gasteiger partial charge in [-0.3, -0.25) is 37.3 Å². The number of ether oxygens (including phenoxy) is 4. The van der Waals surface area contributed by atoms with Crippen molar-refractivity contribution in [2.24, 2.45) is 0 Å². The zero-order valence-corrected chi connectivity index (χ0v) is 61.4. The summed E-state index contributed by atoms with van der Waals surface area (Å²) in [5.74, 6) is -2.19. The molecular formula is C75H136O17P2. The molecule has 0 saturated heterocycles. The zero-order chi connectivity index (χ0) is 69.0. The third-order valence-electron chi connectivity index (χ3n) is 15.9. The number of aliphatic hydroxyl groups is 1.